The molecule has 0 fully saturated rings. The lowest BCUT2D eigenvalue weighted by molar-refractivity contribution is -0.137. The molecule has 0 unspecified atom stereocenters. The van der Waals surface area contributed by atoms with Crippen LogP contribution in [0.2, 0.25) is 5.02 Å². The van der Waals surface area contributed by atoms with Crippen molar-refractivity contribution in [2.24, 2.45) is 0 Å². The lowest BCUT2D eigenvalue weighted by atomic mass is 10.2. The number of nitrogen functional groups attached to an aromatic ring is 1. The van der Waals surface area contributed by atoms with Gasteiger partial charge >= 0.3 is 0 Å². The van der Waals surface area contributed by atoms with Crippen LogP contribution in [0.1, 0.15) is 13.8 Å². The quantitative estimate of drug-likeness (QED) is 0.525. The number of hydrogen-bond acceptors (Lipinski definition) is 6. The Morgan fingerprint density at radius 1 is 1.22 bits per heavy atom. The third kappa shape index (κ3) is 5.36. The van der Waals surface area contributed by atoms with Gasteiger partial charge in [-0.1, -0.05) is 35.5 Å². The van der Waals surface area contributed by atoms with Gasteiger partial charge in [-0.05, 0) is 26.0 Å². The maximum atomic E-state index is 12.3. The van der Waals surface area contributed by atoms with Crippen molar-refractivity contribution in [1.82, 2.24) is 24.7 Å². The van der Waals surface area contributed by atoms with E-state index in [1.54, 1.807) is 30.1 Å². The highest BCUT2D eigenvalue weighted by atomic mass is 35.5. The molecule has 0 saturated heterocycles. The number of likely N-dealkylation sites (N-methyl/N-ethyl adjacent to an activating group) is 2. The summed E-state index contributed by atoms with van der Waals surface area (Å²) in [6.45, 7) is 5.10. The Hall–Kier alpha value is -2.26. The van der Waals surface area contributed by atoms with Crippen molar-refractivity contribution in [1.29, 1.82) is 0 Å². The molecule has 2 amide bonds. The molecule has 0 bridgehead atoms. The number of rotatable bonds is 8. The number of aromatic nitrogens is 3. The summed E-state index contributed by atoms with van der Waals surface area (Å²) in [6, 6.07) is 7.11. The molecule has 0 aliphatic rings. The van der Waals surface area contributed by atoms with Crippen molar-refractivity contribution in [3.8, 4) is 11.4 Å². The minimum Gasteiger partial charge on any atom is -0.342 e. The van der Waals surface area contributed by atoms with Crippen molar-refractivity contribution in [2.75, 3.05) is 38.3 Å². The number of nitrogens with zero attached hydrogens (tertiary/aromatic N) is 5. The fourth-order valence-corrected chi connectivity index (χ4v) is 3.39. The molecule has 0 aliphatic heterocycles. The first-order valence-electron chi connectivity index (χ1n) is 8.48. The fourth-order valence-electron chi connectivity index (χ4n) is 2.40. The molecule has 0 aliphatic carbocycles. The molecule has 0 spiro atoms. The van der Waals surface area contributed by atoms with Crippen LogP contribution in [0.3, 0.4) is 0 Å². The topological polar surface area (TPSA) is 97.4 Å². The van der Waals surface area contributed by atoms with Gasteiger partial charge < -0.3 is 15.6 Å². The Kier molecular flexibility index (Phi) is 7.49. The van der Waals surface area contributed by atoms with Crippen LogP contribution in [-0.4, -0.2) is 68.9 Å². The second kappa shape index (κ2) is 9.61. The summed E-state index contributed by atoms with van der Waals surface area (Å²) in [7, 11) is 1.61. The van der Waals surface area contributed by atoms with Crippen LogP contribution in [0.4, 0.5) is 0 Å². The highest BCUT2D eigenvalue weighted by Crippen LogP contribution is 2.23. The zero-order valence-corrected chi connectivity index (χ0v) is 17.1. The van der Waals surface area contributed by atoms with E-state index in [9.17, 15) is 9.59 Å². The van der Waals surface area contributed by atoms with E-state index in [1.807, 2.05) is 19.9 Å². The number of benzene rings is 1. The van der Waals surface area contributed by atoms with E-state index in [-0.39, 0.29) is 24.1 Å². The predicted octanol–water partition coefficient (Wildman–Crippen LogP) is 1.73. The number of carbonyl (C=O) groups excluding carboxylic acids is 2. The Morgan fingerprint density at radius 2 is 1.93 bits per heavy atom. The average molecular weight is 411 g/mol. The second-order valence-corrected chi connectivity index (χ2v) is 7.17. The van der Waals surface area contributed by atoms with E-state index < -0.39 is 0 Å². The molecule has 1 heterocycles. The maximum absolute atomic E-state index is 12.3. The molecule has 0 atom stereocenters. The number of halogens is 1. The molecule has 0 saturated carbocycles. The van der Waals surface area contributed by atoms with Gasteiger partial charge in [0, 0.05) is 30.7 Å². The molecule has 1 aromatic carbocycles. The van der Waals surface area contributed by atoms with Crippen LogP contribution in [-0.2, 0) is 9.59 Å². The zero-order chi connectivity index (χ0) is 20.0. The van der Waals surface area contributed by atoms with Crippen molar-refractivity contribution in [3.05, 3.63) is 29.3 Å². The van der Waals surface area contributed by atoms with Crippen LogP contribution >= 0.6 is 23.4 Å². The molecule has 27 heavy (non-hydrogen) atoms. The van der Waals surface area contributed by atoms with Crippen molar-refractivity contribution >= 4 is 35.2 Å². The number of nitrogens with two attached hydrogens (primary N) is 1. The minimum atomic E-state index is -0.187. The van der Waals surface area contributed by atoms with Crippen LogP contribution < -0.4 is 5.84 Å². The normalized spacial score (nSPS) is 10.7. The number of carbonyl (C=O) groups is 2. The van der Waals surface area contributed by atoms with Gasteiger partial charge in [0.15, 0.2) is 5.82 Å². The Labute approximate surface area is 167 Å². The summed E-state index contributed by atoms with van der Waals surface area (Å²) in [5.41, 5.74) is 0.734. The number of amides is 2. The Bertz CT molecular complexity index is 808. The van der Waals surface area contributed by atoms with Crippen LogP contribution in [0.15, 0.2) is 29.4 Å². The standard InChI is InChI=1S/C17H23ClN6O2S/c1-4-23(5-2)14(25)10-22(3)15(26)11-27-17-21-20-16(24(17)19)12-7-6-8-13(18)9-12/h6-9H,4-5,10-11,19H2,1-3H3. The van der Waals surface area contributed by atoms with E-state index in [2.05, 4.69) is 10.2 Å². The van der Waals surface area contributed by atoms with Gasteiger partial charge in [-0.2, -0.15) is 0 Å². The summed E-state index contributed by atoms with van der Waals surface area (Å²) in [5, 5.41) is 9.07. The molecule has 1 aromatic heterocycles. The van der Waals surface area contributed by atoms with Gasteiger partial charge in [-0.25, -0.2) is 4.68 Å². The van der Waals surface area contributed by atoms with Gasteiger partial charge in [-0.3, -0.25) is 9.59 Å². The summed E-state index contributed by atoms with van der Waals surface area (Å²) < 4.78 is 1.32. The molecule has 0 radical (unpaired) electrons. The van der Waals surface area contributed by atoms with E-state index >= 15 is 0 Å². The van der Waals surface area contributed by atoms with Gasteiger partial charge in [0.25, 0.3) is 0 Å². The summed E-state index contributed by atoms with van der Waals surface area (Å²) >= 11 is 7.16. The molecule has 2 rings (SSSR count). The first-order valence-corrected chi connectivity index (χ1v) is 9.84. The molecule has 8 nitrogen and oxygen atoms in total. The third-order valence-corrected chi connectivity index (χ3v) is 5.15. The van der Waals surface area contributed by atoms with Gasteiger partial charge in [0.1, 0.15) is 0 Å². The SMILES string of the molecule is CCN(CC)C(=O)CN(C)C(=O)CSc1nnc(-c2cccc(Cl)c2)n1N. The van der Waals surface area contributed by atoms with Gasteiger partial charge in [0.05, 0.1) is 12.3 Å². The van der Waals surface area contributed by atoms with Crippen molar-refractivity contribution in [3.63, 3.8) is 0 Å². The summed E-state index contributed by atoms with van der Waals surface area (Å²) in [6.07, 6.45) is 0. The Balaban J connectivity index is 1.96. The van der Waals surface area contributed by atoms with Crippen LogP contribution in [0.5, 0.6) is 0 Å². The monoisotopic (exact) mass is 410 g/mol. The maximum Gasteiger partial charge on any atom is 0.242 e. The average Bonchev–Trinajstić information content (AvgIpc) is 3.01. The molecule has 2 N–H and O–H groups in total. The molecular weight excluding hydrogens is 388 g/mol. The van der Waals surface area contributed by atoms with E-state index in [0.717, 1.165) is 5.56 Å². The highest BCUT2D eigenvalue weighted by molar-refractivity contribution is 7.99. The second-order valence-electron chi connectivity index (χ2n) is 5.79. The van der Waals surface area contributed by atoms with Crippen LogP contribution in [0.25, 0.3) is 11.4 Å². The lowest BCUT2D eigenvalue weighted by Gasteiger charge is -2.23. The smallest absolute Gasteiger partial charge is 0.242 e. The van der Waals surface area contributed by atoms with Crippen LogP contribution in [0, 0.1) is 0 Å². The highest BCUT2D eigenvalue weighted by Gasteiger charge is 2.19. The number of hydrogen-bond donors (Lipinski definition) is 1. The minimum absolute atomic E-state index is 0.0458. The summed E-state index contributed by atoms with van der Waals surface area (Å²) in [4.78, 5) is 27.5. The first-order chi connectivity index (χ1) is 12.9. The largest absolute Gasteiger partial charge is 0.342 e. The first kappa shape index (κ1) is 21.0. The molecule has 146 valence electrons. The zero-order valence-electron chi connectivity index (χ0n) is 15.6. The molecule has 2 aromatic rings. The molecular formula is C17H23ClN6O2S. The number of thioether (sulfide) groups is 1. The summed E-state index contributed by atoms with van der Waals surface area (Å²) in [5.74, 6) is 6.34. The van der Waals surface area contributed by atoms with Crippen molar-refractivity contribution < 1.29 is 9.59 Å². The van der Waals surface area contributed by atoms with Crippen molar-refractivity contribution in [2.45, 2.75) is 19.0 Å². The van der Waals surface area contributed by atoms with E-state index in [0.29, 0.717) is 29.1 Å². The predicted molar refractivity (Wildman–Crippen MR) is 107 cm³/mol. The van der Waals surface area contributed by atoms with Gasteiger partial charge in [-0.15, -0.1) is 10.2 Å². The third-order valence-electron chi connectivity index (χ3n) is 3.99. The van der Waals surface area contributed by atoms with E-state index in [1.165, 1.54) is 21.3 Å². The van der Waals surface area contributed by atoms with E-state index in [4.69, 9.17) is 17.4 Å². The molecule has 10 heteroatoms. The van der Waals surface area contributed by atoms with Gasteiger partial charge in [0.2, 0.25) is 17.0 Å². The lowest BCUT2D eigenvalue weighted by Crippen LogP contribution is -2.41. The fraction of sp³-hybridized carbons (Fsp3) is 0.412. The Morgan fingerprint density at radius 3 is 2.56 bits per heavy atom.